The van der Waals surface area contributed by atoms with Gasteiger partial charge in [0.1, 0.15) is 6.61 Å². The number of nitrogens with zero attached hydrogens (tertiary/aromatic N) is 2. The fourth-order valence-corrected chi connectivity index (χ4v) is 2.18. The van der Waals surface area contributed by atoms with E-state index < -0.39 is 0 Å². The Morgan fingerprint density at radius 2 is 1.83 bits per heavy atom. The van der Waals surface area contributed by atoms with Gasteiger partial charge in [0.15, 0.2) is 11.5 Å². The van der Waals surface area contributed by atoms with Gasteiger partial charge in [-0.05, 0) is 48.7 Å². The van der Waals surface area contributed by atoms with Gasteiger partial charge in [-0.3, -0.25) is 0 Å². The topological polar surface area (TPSA) is 34.1 Å². The first kappa shape index (κ1) is 16.9. The lowest BCUT2D eigenvalue weighted by Crippen LogP contribution is -2.03. The minimum atomic E-state index is 0.523. The van der Waals surface area contributed by atoms with Gasteiger partial charge in [0.25, 0.3) is 0 Å². The van der Waals surface area contributed by atoms with Crippen molar-refractivity contribution in [1.82, 2.24) is 5.01 Å². The second-order valence-electron chi connectivity index (χ2n) is 5.72. The molecule has 2 rings (SSSR count). The van der Waals surface area contributed by atoms with Gasteiger partial charge in [-0.1, -0.05) is 23.8 Å². The molecule has 0 saturated carbocycles. The first-order valence-corrected chi connectivity index (χ1v) is 7.58. The van der Waals surface area contributed by atoms with Crippen molar-refractivity contribution in [2.75, 3.05) is 21.2 Å². The molecule has 0 radical (unpaired) electrons. The van der Waals surface area contributed by atoms with E-state index in [9.17, 15) is 0 Å². The molecule has 0 unspecified atom stereocenters. The van der Waals surface area contributed by atoms with Gasteiger partial charge in [0, 0.05) is 14.1 Å². The third-order valence-corrected chi connectivity index (χ3v) is 3.51. The van der Waals surface area contributed by atoms with Crippen LogP contribution in [0.2, 0.25) is 0 Å². The maximum absolute atomic E-state index is 5.95. The zero-order valence-corrected chi connectivity index (χ0v) is 14.5. The van der Waals surface area contributed by atoms with Crippen LogP contribution in [0.4, 0.5) is 0 Å². The Morgan fingerprint density at radius 1 is 1.04 bits per heavy atom. The number of aryl methyl sites for hydroxylation is 2. The maximum atomic E-state index is 5.95. The Balaban J connectivity index is 2.15. The lowest BCUT2D eigenvalue weighted by atomic mass is 10.1. The zero-order chi connectivity index (χ0) is 16.8. The third kappa shape index (κ3) is 4.74. The largest absolute Gasteiger partial charge is 0.493 e. The van der Waals surface area contributed by atoms with E-state index in [1.54, 1.807) is 18.3 Å². The van der Waals surface area contributed by atoms with Gasteiger partial charge in [0.2, 0.25) is 0 Å². The molecule has 0 aromatic heterocycles. The van der Waals surface area contributed by atoms with Crippen molar-refractivity contribution in [2.24, 2.45) is 5.10 Å². The van der Waals surface area contributed by atoms with Crippen molar-refractivity contribution < 1.29 is 9.47 Å². The maximum Gasteiger partial charge on any atom is 0.161 e. The van der Waals surface area contributed by atoms with Crippen LogP contribution in [0.3, 0.4) is 0 Å². The lowest BCUT2D eigenvalue weighted by Gasteiger charge is -2.13. The molecule has 0 amide bonds. The summed E-state index contributed by atoms with van der Waals surface area (Å²) in [5.41, 5.74) is 4.61. The van der Waals surface area contributed by atoms with Crippen LogP contribution in [0.5, 0.6) is 11.5 Å². The first-order chi connectivity index (χ1) is 11.0. The Morgan fingerprint density at radius 3 is 2.52 bits per heavy atom. The van der Waals surface area contributed by atoms with Crippen LogP contribution >= 0.6 is 0 Å². The summed E-state index contributed by atoms with van der Waals surface area (Å²) in [6, 6.07) is 12.2. The van der Waals surface area contributed by atoms with Crippen LogP contribution in [0.25, 0.3) is 0 Å². The zero-order valence-electron chi connectivity index (χ0n) is 14.5. The van der Waals surface area contributed by atoms with Crippen molar-refractivity contribution in [3.63, 3.8) is 0 Å². The van der Waals surface area contributed by atoms with Gasteiger partial charge >= 0.3 is 0 Å². The summed E-state index contributed by atoms with van der Waals surface area (Å²) in [5.74, 6) is 1.44. The normalized spacial score (nSPS) is 10.8. The van der Waals surface area contributed by atoms with Crippen LogP contribution in [0.1, 0.15) is 22.3 Å². The van der Waals surface area contributed by atoms with Gasteiger partial charge < -0.3 is 14.5 Å². The Kier molecular flexibility index (Phi) is 5.63. The average molecular weight is 312 g/mol. The molecule has 0 heterocycles. The first-order valence-electron chi connectivity index (χ1n) is 7.58. The van der Waals surface area contributed by atoms with E-state index in [-0.39, 0.29) is 0 Å². The molecule has 122 valence electrons. The summed E-state index contributed by atoms with van der Waals surface area (Å²) in [7, 11) is 5.41. The molecular formula is C19H24N2O2. The van der Waals surface area contributed by atoms with Crippen LogP contribution in [0.15, 0.2) is 41.5 Å². The summed E-state index contributed by atoms with van der Waals surface area (Å²) in [6.07, 6.45) is 1.79. The molecule has 0 aliphatic rings. The highest BCUT2D eigenvalue weighted by atomic mass is 16.5. The molecule has 0 aliphatic heterocycles. The highest BCUT2D eigenvalue weighted by Gasteiger charge is 2.07. The predicted molar refractivity (Wildman–Crippen MR) is 94.5 cm³/mol. The summed E-state index contributed by atoms with van der Waals surface area (Å²) >= 11 is 0. The van der Waals surface area contributed by atoms with Crippen LogP contribution < -0.4 is 9.47 Å². The fourth-order valence-electron chi connectivity index (χ4n) is 2.18. The smallest absolute Gasteiger partial charge is 0.161 e. The average Bonchev–Trinajstić information content (AvgIpc) is 2.54. The van der Waals surface area contributed by atoms with Crippen LogP contribution in [-0.4, -0.2) is 32.4 Å². The molecule has 0 spiro atoms. The van der Waals surface area contributed by atoms with E-state index in [4.69, 9.17) is 9.47 Å². The van der Waals surface area contributed by atoms with Gasteiger partial charge in [-0.25, -0.2) is 0 Å². The predicted octanol–water partition coefficient (Wildman–Crippen LogP) is 3.79. The molecule has 0 bridgehead atoms. The SMILES string of the molecule is COc1cc(/C=N/N(C)C)ccc1OCc1cc(C)ccc1C. The van der Waals surface area contributed by atoms with E-state index in [0.717, 1.165) is 11.3 Å². The van der Waals surface area contributed by atoms with E-state index in [1.807, 2.05) is 32.3 Å². The summed E-state index contributed by atoms with van der Waals surface area (Å²) < 4.78 is 11.4. The molecule has 2 aromatic carbocycles. The molecule has 0 aliphatic carbocycles. The molecule has 4 nitrogen and oxygen atoms in total. The van der Waals surface area contributed by atoms with E-state index in [0.29, 0.717) is 12.4 Å². The highest BCUT2D eigenvalue weighted by Crippen LogP contribution is 2.28. The molecule has 23 heavy (non-hydrogen) atoms. The molecule has 0 fully saturated rings. The number of rotatable bonds is 6. The van der Waals surface area contributed by atoms with E-state index in [1.165, 1.54) is 16.7 Å². The van der Waals surface area contributed by atoms with Gasteiger partial charge in [-0.2, -0.15) is 5.10 Å². The summed E-state index contributed by atoms with van der Waals surface area (Å²) in [5, 5.41) is 5.97. The monoisotopic (exact) mass is 312 g/mol. The molecule has 0 N–H and O–H groups in total. The second-order valence-corrected chi connectivity index (χ2v) is 5.72. The minimum Gasteiger partial charge on any atom is -0.493 e. The Bertz CT molecular complexity index is 694. The highest BCUT2D eigenvalue weighted by molar-refractivity contribution is 5.80. The van der Waals surface area contributed by atoms with E-state index >= 15 is 0 Å². The Labute approximate surface area is 138 Å². The molecular weight excluding hydrogens is 288 g/mol. The quantitative estimate of drug-likeness (QED) is 0.601. The number of methoxy groups -OCH3 is 1. The molecule has 0 atom stereocenters. The second kappa shape index (κ2) is 7.68. The number of hydrazone groups is 1. The van der Waals surface area contributed by atoms with Crippen molar-refractivity contribution in [3.8, 4) is 11.5 Å². The van der Waals surface area contributed by atoms with Gasteiger partial charge in [-0.15, -0.1) is 0 Å². The van der Waals surface area contributed by atoms with Crippen molar-refractivity contribution in [3.05, 3.63) is 58.7 Å². The number of benzene rings is 2. The van der Waals surface area contributed by atoms with Crippen LogP contribution in [-0.2, 0) is 6.61 Å². The van der Waals surface area contributed by atoms with Crippen molar-refractivity contribution in [1.29, 1.82) is 0 Å². The standard InChI is InChI=1S/C19H24N2O2/c1-14-6-7-15(2)17(10-14)13-23-18-9-8-16(11-19(18)22-5)12-20-21(3)4/h6-12H,13H2,1-5H3/b20-12+. The van der Waals surface area contributed by atoms with Gasteiger partial charge in [0.05, 0.1) is 13.3 Å². The van der Waals surface area contributed by atoms with Crippen molar-refractivity contribution >= 4 is 6.21 Å². The van der Waals surface area contributed by atoms with E-state index in [2.05, 4.69) is 37.1 Å². The van der Waals surface area contributed by atoms with Crippen molar-refractivity contribution in [2.45, 2.75) is 20.5 Å². The molecule has 0 saturated heterocycles. The lowest BCUT2D eigenvalue weighted by molar-refractivity contribution is 0.284. The molecule has 4 heteroatoms. The number of hydrogen-bond acceptors (Lipinski definition) is 4. The fraction of sp³-hybridized carbons (Fsp3) is 0.316. The van der Waals surface area contributed by atoms with Crippen LogP contribution in [0, 0.1) is 13.8 Å². The molecule has 2 aromatic rings. The third-order valence-electron chi connectivity index (χ3n) is 3.51. The summed E-state index contributed by atoms with van der Waals surface area (Å²) in [4.78, 5) is 0. The number of hydrogen-bond donors (Lipinski definition) is 0. The summed E-state index contributed by atoms with van der Waals surface area (Å²) in [6.45, 7) is 4.70. The minimum absolute atomic E-state index is 0.523. The number of ether oxygens (including phenoxy) is 2. The Hall–Kier alpha value is -2.49.